The second kappa shape index (κ2) is 7.18. The lowest BCUT2D eigenvalue weighted by Crippen LogP contribution is -2.13. The summed E-state index contributed by atoms with van der Waals surface area (Å²) in [5, 5.41) is 5.13. The maximum Gasteiger partial charge on any atom is 0.255 e. The van der Waals surface area contributed by atoms with Gasteiger partial charge in [0.1, 0.15) is 5.75 Å². The molecule has 0 saturated heterocycles. The van der Waals surface area contributed by atoms with Crippen LogP contribution in [0.2, 0.25) is 0 Å². The fourth-order valence-electron chi connectivity index (χ4n) is 2.56. The second-order valence-electron chi connectivity index (χ2n) is 5.85. The van der Waals surface area contributed by atoms with Crippen LogP contribution in [0.5, 0.6) is 5.75 Å². The Morgan fingerprint density at radius 1 is 1.04 bits per heavy atom. The lowest BCUT2D eigenvalue weighted by molar-refractivity contribution is 0.102. The van der Waals surface area contributed by atoms with Gasteiger partial charge >= 0.3 is 0 Å². The molecule has 0 spiro atoms. The Balaban J connectivity index is 1.83. The molecule has 1 atom stereocenters. The summed E-state index contributed by atoms with van der Waals surface area (Å²) in [6.07, 6.45) is 1.05. The van der Waals surface area contributed by atoms with E-state index in [0.717, 1.165) is 28.6 Å². The SMILES string of the molecule is CCC(C)Oc1cccc(C(=O)Nc2cccc3ccccc23)c1. The van der Waals surface area contributed by atoms with Crippen molar-refractivity contribution in [3.63, 3.8) is 0 Å². The van der Waals surface area contributed by atoms with E-state index in [1.807, 2.05) is 61.5 Å². The molecule has 1 unspecified atom stereocenters. The van der Waals surface area contributed by atoms with E-state index >= 15 is 0 Å². The average Bonchev–Trinajstić information content (AvgIpc) is 2.62. The molecule has 0 bridgehead atoms. The first-order valence-electron chi connectivity index (χ1n) is 8.23. The summed E-state index contributed by atoms with van der Waals surface area (Å²) >= 11 is 0. The molecular weight excluding hydrogens is 298 g/mol. The summed E-state index contributed by atoms with van der Waals surface area (Å²) in [4.78, 5) is 12.6. The van der Waals surface area contributed by atoms with Crippen LogP contribution >= 0.6 is 0 Å². The molecule has 1 N–H and O–H groups in total. The van der Waals surface area contributed by atoms with Gasteiger partial charge in [-0.25, -0.2) is 0 Å². The van der Waals surface area contributed by atoms with Crippen molar-refractivity contribution in [1.82, 2.24) is 0 Å². The van der Waals surface area contributed by atoms with Gasteiger partial charge in [0.15, 0.2) is 0 Å². The van der Waals surface area contributed by atoms with Gasteiger partial charge in [0.25, 0.3) is 5.91 Å². The number of ether oxygens (including phenoxy) is 1. The number of rotatable bonds is 5. The third kappa shape index (κ3) is 3.57. The molecule has 3 rings (SSSR count). The first-order chi connectivity index (χ1) is 11.7. The van der Waals surface area contributed by atoms with Gasteiger partial charge in [0, 0.05) is 16.6 Å². The second-order valence-corrected chi connectivity index (χ2v) is 5.85. The number of carbonyl (C=O) groups excluding carboxylic acids is 1. The minimum absolute atomic E-state index is 0.126. The Kier molecular flexibility index (Phi) is 4.80. The van der Waals surface area contributed by atoms with Gasteiger partial charge < -0.3 is 10.1 Å². The van der Waals surface area contributed by atoms with Crippen LogP contribution < -0.4 is 10.1 Å². The molecule has 0 fully saturated rings. The monoisotopic (exact) mass is 319 g/mol. The number of benzene rings is 3. The molecular formula is C21H21NO2. The van der Waals surface area contributed by atoms with E-state index in [2.05, 4.69) is 12.2 Å². The Hall–Kier alpha value is -2.81. The highest BCUT2D eigenvalue weighted by Crippen LogP contribution is 2.24. The highest BCUT2D eigenvalue weighted by molar-refractivity contribution is 6.09. The van der Waals surface area contributed by atoms with E-state index < -0.39 is 0 Å². The summed E-state index contributed by atoms with van der Waals surface area (Å²) in [5.41, 5.74) is 1.40. The quantitative estimate of drug-likeness (QED) is 0.695. The lowest BCUT2D eigenvalue weighted by atomic mass is 10.1. The maximum atomic E-state index is 12.6. The highest BCUT2D eigenvalue weighted by atomic mass is 16.5. The molecule has 3 nitrogen and oxygen atoms in total. The zero-order valence-electron chi connectivity index (χ0n) is 14.0. The Labute approximate surface area is 142 Å². The van der Waals surface area contributed by atoms with Crippen molar-refractivity contribution in [1.29, 1.82) is 0 Å². The highest BCUT2D eigenvalue weighted by Gasteiger charge is 2.10. The summed E-state index contributed by atoms with van der Waals surface area (Å²) in [7, 11) is 0. The van der Waals surface area contributed by atoms with E-state index in [9.17, 15) is 4.79 Å². The van der Waals surface area contributed by atoms with Crippen LogP contribution in [0.25, 0.3) is 10.8 Å². The fourth-order valence-corrected chi connectivity index (χ4v) is 2.56. The van der Waals surface area contributed by atoms with E-state index in [1.54, 1.807) is 12.1 Å². The molecule has 0 saturated carbocycles. The zero-order chi connectivity index (χ0) is 16.9. The fraction of sp³-hybridized carbons (Fsp3) is 0.190. The molecule has 3 heteroatoms. The minimum Gasteiger partial charge on any atom is -0.491 e. The van der Waals surface area contributed by atoms with E-state index in [-0.39, 0.29) is 12.0 Å². The zero-order valence-corrected chi connectivity index (χ0v) is 14.0. The van der Waals surface area contributed by atoms with Crippen molar-refractivity contribution in [3.05, 3.63) is 72.3 Å². The van der Waals surface area contributed by atoms with E-state index in [1.165, 1.54) is 0 Å². The van der Waals surface area contributed by atoms with Crippen LogP contribution in [0.1, 0.15) is 30.6 Å². The molecule has 0 aromatic heterocycles. The van der Waals surface area contributed by atoms with Gasteiger partial charge in [-0.1, -0.05) is 49.4 Å². The van der Waals surface area contributed by atoms with Crippen LogP contribution in [0.15, 0.2) is 66.7 Å². The normalized spacial score (nSPS) is 11.9. The smallest absolute Gasteiger partial charge is 0.255 e. The molecule has 3 aromatic carbocycles. The molecule has 3 aromatic rings. The van der Waals surface area contributed by atoms with Gasteiger partial charge in [-0.15, -0.1) is 0 Å². The number of hydrogen-bond donors (Lipinski definition) is 1. The summed E-state index contributed by atoms with van der Waals surface area (Å²) < 4.78 is 5.79. The average molecular weight is 319 g/mol. The summed E-state index contributed by atoms with van der Waals surface area (Å²) in [6, 6.07) is 21.2. The first kappa shape index (κ1) is 16.1. The van der Waals surface area contributed by atoms with Gasteiger partial charge in [-0.2, -0.15) is 0 Å². The molecule has 0 radical (unpaired) electrons. The first-order valence-corrected chi connectivity index (χ1v) is 8.23. The van der Waals surface area contributed by atoms with E-state index in [0.29, 0.717) is 5.56 Å². The molecule has 0 aliphatic carbocycles. The van der Waals surface area contributed by atoms with Crippen molar-refractivity contribution in [2.75, 3.05) is 5.32 Å². The third-order valence-corrected chi connectivity index (χ3v) is 4.05. The number of hydrogen-bond acceptors (Lipinski definition) is 2. The maximum absolute atomic E-state index is 12.6. The number of anilines is 1. The van der Waals surface area contributed by atoms with Crippen molar-refractivity contribution in [2.24, 2.45) is 0 Å². The van der Waals surface area contributed by atoms with Gasteiger partial charge in [-0.3, -0.25) is 4.79 Å². The largest absolute Gasteiger partial charge is 0.491 e. The Morgan fingerprint density at radius 2 is 1.79 bits per heavy atom. The number of fused-ring (bicyclic) bond motifs is 1. The minimum atomic E-state index is -0.138. The Morgan fingerprint density at radius 3 is 2.62 bits per heavy atom. The molecule has 0 aliphatic heterocycles. The van der Waals surface area contributed by atoms with Crippen LogP contribution in [-0.4, -0.2) is 12.0 Å². The van der Waals surface area contributed by atoms with Crippen LogP contribution in [0, 0.1) is 0 Å². The Bertz CT molecular complexity index is 852. The van der Waals surface area contributed by atoms with Gasteiger partial charge in [-0.05, 0) is 43.0 Å². The topological polar surface area (TPSA) is 38.3 Å². The third-order valence-electron chi connectivity index (χ3n) is 4.05. The van der Waals surface area contributed by atoms with Crippen molar-refractivity contribution in [3.8, 4) is 5.75 Å². The number of nitrogens with one attached hydrogen (secondary N) is 1. The van der Waals surface area contributed by atoms with E-state index in [4.69, 9.17) is 4.74 Å². The molecule has 122 valence electrons. The number of amides is 1. The molecule has 1 amide bonds. The van der Waals surface area contributed by atoms with Crippen LogP contribution in [-0.2, 0) is 0 Å². The molecule has 0 aliphatic rings. The van der Waals surface area contributed by atoms with Gasteiger partial charge in [0.05, 0.1) is 6.10 Å². The van der Waals surface area contributed by atoms with Crippen molar-refractivity contribution < 1.29 is 9.53 Å². The predicted octanol–water partition coefficient (Wildman–Crippen LogP) is 5.27. The van der Waals surface area contributed by atoms with Crippen molar-refractivity contribution >= 4 is 22.4 Å². The number of carbonyl (C=O) groups is 1. The molecule has 0 heterocycles. The lowest BCUT2D eigenvalue weighted by Gasteiger charge is -2.13. The summed E-state index contributed by atoms with van der Waals surface area (Å²) in [5.74, 6) is 0.580. The molecule has 24 heavy (non-hydrogen) atoms. The van der Waals surface area contributed by atoms with Crippen molar-refractivity contribution in [2.45, 2.75) is 26.4 Å². The summed E-state index contributed by atoms with van der Waals surface area (Å²) in [6.45, 7) is 4.09. The predicted molar refractivity (Wildman–Crippen MR) is 98.7 cm³/mol. The standard InChI is InChI=1S/C21H21NO2/c1-3-15(2)24-18-11-6-10-17(14-18)21(23)22-20-13-7-9-16-8-4-5-12-19(16)20/h4-15H,3H2,1-2H3,(H,22,23). The van der Waals surface area contributed by atoms with Crippen LogP contribution in [0.4, 0.5) is 5.69 Å². The van der Waals surface area contributed by atoms with Crippen LogP contribution in [0.3, 0.4) is 0 Å². The van der Waals surface area contributed by atoms with Gasteiger partial charge in [0.2, 0.25) is 0 Å².